The molecular formula is C12H8N2O2. The van der Waals surface area contributed by atoms with Crippen LogP contribution in [0.3, 0.4) is 0 Å². The molecule has 2 aromatic heterocycles. The lowest BCUT2D eigenvalue weighted by Crippen LogP contribution is -1.96. The van der Waals surface area contributed by atoms with Gasteiger partial charge in [-0.25, -0.2) is 9.97 Å². The van der Waals surface area contributed by atoms with Gasteiger partial charge < -0.3 is 4.42 Å². The highest BCUT2D eigenvalue weighted by Crippen LogP contribution is 2.25. The van der Waals surface area contributed by atoms with Crippen LogP contribution in [0.25, 0.3) is 22.2 Å². The van der Waals surface area contributed by atoms with E-state index in [0.29, 0.717) is 16.9 Å². The molecule has 0 unspecified atom stereocenters. The first-order chi connectivity index (χ1) is 7.75. The SMILES string of the molecule is CC(=O)c1cnc2c(n1)oc1ccccc12. The molecule has 0 spiro atoms. The molecule has 78 valence electrons. The molecule has 0 aliphatic carbocycles. The Hall–Kier alpha value is -2.23. The molecule has 0 fully saturated rings. The van der Waals surface area contributed by atoms with Crippen LogP contribution in [0.1, 0.15) is 17.4 Å². The highest BCUT2D eigenvalue weighted by molar-refractivity contribution is 6.02. The highest BCUT2D eigenvalue weighted by Gasteiger charge is 2.10. The van der Waals surface area contributed by atoms with Crippen molar-refractivity contribution in [3.05, 3.63) is 36.2 Å². The predicted molar refractivity (Wildman–Crippen MR) is 59.3 cm³/mol. The zero-order valence-electron chi connectivity index (χ0n) is 8.60. The fourth-order valence-electron chi connectivity index (χ4n) is 1.65. The van der Waals surface area contributed by atoms with Gasteiger partial charge in [-0.1, -0.05) is 12.1 Å². The van der Waals surface area contributed by atoms with Crippen LogP contribution in [-0.2, 0) is 0 Å². The lowest BCUT2D eigenvalue weighted by molar-refractivity contribution is 0.101. The minimum Gasteiger partial charge on any atom is -0.436 e. The third-order valence-electron chi connectivity index (χ3n) is 2.45. The number of furan rings is 1. The smallest absolute Gasteiger partial charge is 0.246 e. The molecule has 0 N–H and O–H groups in total. The molecule has 0 saturated heterocycles. The third kappa shape index (κ3) is 1.20. The Bertz CT molecular complexity index is 700. The van der Waals surface area contributed by atoms with E-state index in [0.717, 1.165) is 11.0 Å². The summed E-state index contributed by atoms with van der Waals surface area (Å²) in [5.41, 5.74) is 2.17. The van der Waals surface area contributed by atoms with Gasteiger partial charge in [-0.3, -0.25) is 4.79 Å². The quantitative estimate of drug-likeness (QED) is 0.582. The zero-order valence-corrected chi connectivity index (χ0v) is 8.60. The molecule has 0 atom stereocenters. The average molecular weight is 212 g/mol. The Labute approximate surface area is 90.9 Å². The van der Waals surface area contributed by atoms with E-state index < -0.39 is 0 Å². The number of nitrogens with zero attached hydrogens (tertiary/aromatic N) is 2. The van der Waals surface area contributed by atoms with Gasteiger partial charge in [0.1, 0.15) is 16.8 Å². The largest absolute Gasteiger partial charge is 0.436 e. The number of benzene rings is 1. The minimum atomic E-state index is -0.116. The van der Waals surface area contributed by atoms with Crippen LogP contribution in [0.4, 0.5) is 0 Å². The van der Waals surface area contributed by atoms with Crippen LogP contribution in [0.15, 0.2) is 34.9 Å². The number of rotatable bonds is 1. The number of ketones is 1. The summed E-state index contributed by atoms with van der Waals surface area (Å²) < 4.78 is 5.52. The number of para-hydroxylation sites is 1. The summed E-state index contributed by atoms with van der Waals surface area (Å²) in [5, 5.41) is 0.917. The van der Waals surface area contributed by atoms with Crippen LogP contribution in [0, 0.1) is 0 Å². The van der Waals surface area contributed by atoms with Gasteiger partial charge in [0, 0.05) is 12.3 Å². The monoisotopic (exact) mass is 212 g/mol. The Morgan fingerprint density at radius 1 is 1.31 bits per heavy atom. The number of aromatic nitrogens is 2. The molecule has 4 nitrogen and oxygen atoms in total. The van der Waals surface area contributed by atoms with Crippen molar-refractivity contribution in [1.29, 1.82) is 0 Å². The summed E-state index contributed by atoms with van der Waals surface area (Å²) in [6, 6.07) is 7.57. The lowest BCUT2D eigenvalue weighted by Gasteiger charge is -1.92. The summed E-state index contributed by atoms with van der Waals surface area (Å²) in [4.78, 5) is 19.5. The van der Waals surface area contributed by atoms with E-state index in [9.17, 15) is 4.79 Å². The fourth-order valence-corrected chi connectivity index (χ4v) is 1.65. The number of carbonyl (C=O) groups is 1. The Balaban J connectivity index is 2.41. The number of Topliss-reactive ketones (excluding diaryl/α,β-unsaturated/α-hetero) is 1. The van der Waals surface area contributed by atoms with Crippen LogP contribution in [0.2, 0.25) is 0 Å². The van der Waals surface area contributed by atoms with Gasteiger partial charge >= 0.3 is 0 Å². The van der Waals surface area contributed by atoms with Crippen molar-refractivity contribution in [3.8, 4) is 0 Å². The fraction of sp³-hybridized carbons (Fsp3) is 0.0833. The third-order valence-corrected chi connectivity index (χ3v) is 2.45. The van der Waals surface area contributed by atoms with Crippen molar-refractivity contribution in [2.45, 2.75) is 6.92 Å². The molecule has 1 aromatic carbocycles. The van der Waals surface area contributed by atoms with Crippen molar-refractivity contribution < 1.29 is 9.21 Å². The Kier molecular flexibility index (Phi) is 1.77. The maximum absolute atomic E-state index is 11.2. The number of fused-ring (bicyclic) bond motifs is 3. The molecule has 0 amide bonds. The first-order valence-electron chi connectivity index (χ1n) is 4.91. The van der Waals surface area contributed by atoms with Crippen LogP contribution in [0.5, 0.6) is 0 Å². The zero-order chi connectivity index (χ0) is 11.1. The van der Waals surface area contributed by atoms with Crippen LogP contribution < -0.4 is 0 Å². The molecule has 0 aliphatic rings. The van der Waals surface area contributed by atoms with E-state index in [1.807, 2.05) is 24.3 Å². The van der Waals surface area contributed by atoms with E-state index in [1.54, 1.807) is 0 Å². The average Bonchev–Trinajstić information content (AvgIpc) is 2.66. The van der Waals surface area contributed by atoms with Crippen molar-refractivity contribution in [2.75, 3.05) is 0 Å². The first kappa shape index (κ1) is 9.03. The number of carbonyl (C=O) groups excluding carboxylic acids is 1. The normalized spacial score (nSPS) is 11.1. The van der Waals surface area contributed by atoms with E-state index in [-0.39, 0.29) is 5.78 Å². The van der Waals surface area contributed by atoms with Crippen molar-refractivity contribution in [3.63, 3.8) is 0 Å². The molecule has 0 saturated carbocycles. The lowest BCUT2D eigenvalue weighted by atomic mass is 10.2. The summed E-state index contributed by atoms with van der Waals surface area (Å²) in [6.45, 7) is 1.46. The van der Waals surface area contributed by atoms with E-state index in [1.165, 1.54) is 13.1 Å². The van der Waals surface area contributed by atoms with E-state index >= 15 is 0 Å². The van der Waals surface area contributed by atoms with Crippen LogP contribution in [-0.4, -0.2) is 15.8 Å². The highest BCUT2D eigenvalue weighted by atomic mass is 16.3. The van der Waals surface area contributed by atoms with E-state index in [4.69, 9.17) is 4.42 Å². The Morgan fingerprint density at radius 3 is 2.94 bits per heavy atom. The van der Waals surface area contributed by atoms with Gasteiger partial charge in [0.2, 0.25) is 5.71 Å². The van der Waals surface area contributed by atoms with Crippen LogP contribution >= 0.6 is 0 Å². The Morgan fingerprint density at radius 2 is 2.12 bits per heavy atom. The van der Waals surface area contributed by atoms with Gasteiger partial charge in [-0.15, -0.1) is 0 Å². The maximum Gasteiger partial charge on any atom is 0.246 e. The number of hydrogen-bond donors (Lipinski definition) is 0. The van der Waals surface area contributed by atoms with Gasteiger partial charge in [0.25, 0.3) is 0 Å². The summed E-state index contributed by atoms with van der Waals surface area (Å²) in [6.07, 6.45) is 1.48. The van der Waals surface area contributed by atoms with Gasteiger partial charge in [0.05, 0.1) is 6.20 Å². The molecule has 0 bridgehead atoms. The molecule has 0 aliphatic heterocycles. The number of hydrogen-bond acceptors (Lipinski definition) is 4. The topological polar surface area (TPSA) is 56.0 Å². The molecular weight excluding hydrogens is 204 g/mol. The first-order valence-corrected chi connectivity index (χ1v) is 4.91. The van der Waals surface area contributed by atoms with Gasteiger partial charge in [0.15, 0.2) is 5.78 Å². The predicted octanol–water partition coefficient (Wildman–Crippen LogP) is 2.58. The van der Waals surface area contributed by atoms with Crippen molar-refractivity contribution in [1.82, 2.24) is 9.97 Å². The minimum absolute atomic E-state index is 0.116. The molecule has 4 heteroatoms. The summed E-state index contributed by atoms with van der Waals surface area (Å²) >= 11 is 0. The van der Waals surface area contributed by atoms with Crippen molar-refractivity contribution in [2.24, 2.45) is 0 Å². The molecule has 0 radical (unpaired) electrons. The van der Waals surface area contributed by atoms with E-state index in [2.05, 4.69) is 9.97 Å². The second kappa shape index (κ2) is 3.13. The van der Waals surface area contributed by atoms with Gasteiger partial charge in [-0.2, -0.15) is 0 Å². The second-order valence-corrected chi connectivity index (χ2v) is 3.56. The van der Waals surface area contributed by atoms with Gasteiger partial charge in [-0.05, 0) is 12.1 Å². The summed E-state index contributed by atoms with van der Waals surface area (Å²) in [5.74, 6) is -0.116. The molecule has 3 aromatic rings. The second-order valence-electron chi connectivity index (χ2n) is 3.56. The molecule has 16 heavy (non-hydrogen) atoms. The molecule has 3 rings (SSSR count). The summed E-state index contributed by atoms with van der Waals surface area (Å²) in [7, 11) is 0. The maximum atomic E-state index is 11.2. The standard InChI is InChI=1S/C12H8N2O2/c1-7(15)9-6-13-11-8-4-2-3-5-10(8)16-12(11)14-9/h2-6H,1H3. The molecule has 2 heterocycles. The van der Waals surface area contributed by atoms with Crippen molar-refractivity contribution >= 4 is 28.0 Å².